The Labute approximate surface area is 200 Å². The highest BCUT2D eigenvalue weighted by atomic mass is 32.2. The van der Waals surface area contributed by atoms with Crippen LogP contribution >= 0.6 is 11.8 Å². The van der Waals surface area contributed by atoms with Gasteiger partial charge in [0.05, 0.1) is 23.4 Å². The molecule has 1 unspecified atom stereocenters. The van der Waals surface area contributed by atoms with Crippen LogP contribution in [0.25, 0.3) is 0 Å². The number of aromatic hydroxyl groups is 1. The van der Waals surface area contributed by atoms with E-state index in [4.69, 9.17) is 4.74 Å². The zero-order chi connectivity index (χ0) is 24.5. The van der Waals surface area contributed by atoms with E-state index in [0.717, 1.165) is 0 Å². The number of thioether (sulfide) groups is 1. The van der Waals surface area contributed by atoms with Crippen molar-refractivity contribution in [3.8, 4) is 5.75 Å². The van der Waals surface area contributed by atoms with Crippen LogP contribution < -0.4 is 10.6 Å². The van der Waals surface area contributed by atoms with Crippen molar-refractivity contribution in [2.24, 2.45) is 0 Å². The minimum Gasteiger partial charge on any atom is -0.508 e. The minimum absolute atomic E-state index is 0.00296. The molecular formula is C24H25N3O6S. The van der Waals surface area contributed by atoms with Crippen LogP contribution in [-0.2, 0) is 14.3 Å². The molecule has 34 heavy (non-hydrogen) atoms. The molecule has 3 atom stereocenters. The third kappa shape index (κ3) is 4.86. The SMILES string of the molecule is CC1(C)S[C@@H]2CC(=O)N2[C@H]1CNC(=O)C(NC(=O)OC(=O)c1ccccc1)c1ccc(O)cc1. The number of β-lactam (4-membered cyclic amide) rings is 1. The van der Waals surface area contributed by atoms with Gasteiger partial charge in [-0.15, -0.1) is 11.8 Å². The molecule has 2 heterocycles. The molecule has 4 rings (SSSR count). The number of ether oxygens (including phenoxy) is 1. The van der Waals surface area contributed by atoms with Crippen LogP contribution in [0.5, 0.6) is 5.75 Å². The van der Waals surface area contributed by atoms with Gasteiger partial charge in [0.2, 0.25) is 11.8 Å². The predicted octanol–water partition coefficient (Wildman–Crippen LogP) is 2.57. The maximum absolute atomic E-state index is 13.1. The molecule has 178 valence electrons. The molecule has 3 N–H and O–H groups in total. The number of fused-ring (bicyclic) bond motifs is 1. The van der Waals surface area contributed by atoms with E-state index in [1.807, 2.05) is 13.8 Å². The predicted molar refractivity (Wildman–Crippen MR) is 125 cm³/mol. The molecule has 2 saturated heterocycles. The lowest BCUT2D eigenvalue weighted by Gasteiger charge is -2.39. The average Bonchev–Trinajstić information content (AvgIpc) is 3.01. The number of amides is 3. The average molecular weight is 484 g/mol. The number of benzene rings is 2. The third-order valence-electron chi connectivity index (χ3n) is 5.94. The number of alkyl carbamates (subject to hydrolysis) is 1. The number of rotatable bonds is 6. The smallest absolute Gasteiger partial charge is 0.416 e. The maximum atomic E-state index is 13.1. The summed E-state index contributed by atoms with van der Waals surface area (Å²) in [6.45, 7) is 4.26. The van der Waals surface area contributed by atoms with Crippen LogP contribution in [0.3, 0.4) is 0 Å². The molecule has 0 bridgehead atoms. The van der Waals surface area contributed by atoms with Gasteiger partial charge in [0.1, 0.15) is 11.8 Å². The number of hydrogen-bond acceptors (Lipinski definition) is 7. The molecule has 2 aromatic carbocycles. The van der Waals surface area contributed by atoms with Gasteiger partial charge in [-0.3, -0.25) is 9.59 Å². The van der Waals surface area contributed by atoms with E-state index in [0.29, 0.717) is 12.0 Å². The van der Waals surface area contributed by atoms with Gasteiger partial charge in [0, 0.05) is 11.3 Å². The Kier molecular flexibility index (Phi) is 6.52. The van der Waals surface area contributed by atoms with Gasteiger partial charge in [0.15, 0.2) is 0 Å². The van der Waals surface area contributed by atoms with Gasteiger partial charge < -0.3 is 25.4 Å². The summed E-state index contributed by atoms with van der Waals surface area (Å²) in [5.74, 6) is -1.34. The maximum Gasteiger partial charge on any atom is 0.416 e. The van der Waals surface area contributed by atoms with Gasteiger partial charge in [-0.25, -0.2) is 9.59 Å². The van der Waals surface area contributed by atoms with E-state index in [2.05, 4.69) is 10.6 Å². The number of phenolic OH excluding ortho intramolecular Hbond substituents is 1. The van der Waals surface area contributed by atoms with E-state index < -0.39 is 24.0 Å². The summed E-state index contributed by atoms with van der Waals surface area (Å²) in [5, 5.41) is 15.0. The number of esters is 1. The first kappa shape index (κ1) is 23.6. The minimum atomic E-state index is -1.18. The van der Waals surface area contributed by atoms with Crippen LogP contribution in [0.1, 0.15) is 42.2 Å². The number of hydrogen-bond donors (Lipinski definition) is 3. The van der Waals surface area contributed by atoms with Gasteiger partial charge >= 0.3 is 12.1 Å². The van der Waals surface area contributed by atoms with E-state index in [1.165, 1.54) is 36.4 Å². The van der Waals surface area contributed by atoms with Crippen molar-refractivity contribution in [3.63, 3.8) is 0 Å². The topological polar surface area (TPSA) is 125 Å². The van der Waals surface area contributed by atoms with Crippen molar-refractivity contribution >= 4 is 35.6 Å². The molecule has 3 amide bonds. The van der Waals surface area contributed by atoms with E-state index in [-0.39, 0.29) is 39.9 Å². The Morgan fingerprint density at radius 3 is 2.47 bits per heavy atom. The summed E-state index contributed by atoms with van der Waals surface area (Å²) in [5.41, 5.74) is 0.579. The molecule has 2 aliphatic rings. The summed E-state index contributed by atoms with van der Waals surface area (Å²) in [7, 11) is 0. The largest absolute Gasteiger partial charge is 0.508 e. The summed E-state index contributed by atoms with van der Waals surface area (Å²) in [6, 6.07) is 12.4. The highest BCUT2D eigenvalue weighted by molar-refractivity contribution is 8.01. The van der Waals surface area contributed by atoms with Crippen LogP contribution in [0.4, 0.5) is 4.79 Å². The number of nitrogens with one attached hydrogen (secondary N) is 2. The molecule has 0 radical (unpaired) electrons. The lowest BCUT2D eigenvalue weighted by atomic mass is 9.97. The fourth-order valence-electron chi connectivity index (χ4n) is 4.11. The monoisotopic (exact) mass is 483 g/mol. The first-order valence-electron chi connectivity index (χ1n) is 10.8. The van der Waals surface area contributed by atoms with Crippen molar-refractivity contribution in [1.82, 2.24) is 15.5 Å². The Morgan fingerprint density at radius 2 is 1.82 bits per heavy atom. The molecule has 2 aromatic rings. The summed E-state index contributed by atoms with van der Waals surface area (Å²) >= 11 is 1.70. The zero-order valence-corrected chi connectivity index (χ0v) is 19.5. The van der Waals surface area contributed by atoms with E-state index >= 15 is 0 Å². The number of carbonyl (C=O) groups excluding carboxylic acids is 4. The molecule has 9 nitrogen and oxygen atoms in total. The molecule has 10 heteroatoms. The van der Waals surface area contributed by atoms with E-state index in [1.54, 1.807) is 34.9 Å². The van der Waals surface area contributed by atoms with Crippen molar-refractivity contribution in [3.05, 3.63) is 65.7 Å². The van der Waals surface area contributed by atoms with Crippen LogP contribution in [-0.4, -0.2) is 56.6 Å². The quantitative estimate of drug-likeness (QED) is 0.328. The number of phenols is 1. The molecule has 2 fully saturated rings. The zero-order valence-electron chi connectivity index (χ0n) is 18.7. The Hall–Kier alpha value is -3.53. The second kappa shape index (κ2) is 9.38. The third-order valence-corrected chi connectivity index (χ3v) is 7.49. The molecule has 0 aliphatic carbocycles. The summed E-state index contributed by atoms with van der Waals surface area (Å²) < 4.78 is 4.61. The molecule has 0 saturated carbocycles. The molecule has 0 aromatic heterocycles. The Bertz CT molecular complexity index is 1110. The van der Waals surface area contributed by atoms with Gasteiger partial charge in [-0.2, -0.15) is 0 Å². The number of carbonyl (C=O) groups is 4. The molecule has 2 aliphatic heterocycles. The molecule has 0 spiro atoms. The highest BCUT2D eigenvalue weighted by Crippen LogP contribution is 2.50. The fraction of sp³-hybridized carbons (Fsp3) is 0.333. The van der Waals surface area contributed by atoms with Gasteiger partial charge in [0.25, 0.3) is 0 Å². The first-order valence-corrected chi connectivity index (χ1v) is 11.7. The van der Waals surface area contributed by atoms with Crippen molar-refractivity contribution < 1.29 is 29.0 Å². The van der Waals surface area contributed by atoms with Gasteiger partial charge in [-0.1, -0.05) is 30.3 Å². The second-order valence-electron chi connectivity index (χ2n) is 8.65. The van der Waals surface area contributed by atoms with Gasteiger partial charge in [-0.05, 0) is 43.7 Å². The Balaban J connectivity index is 1.45. The van der Waals surface area contributed by atoms with Crippen LogP contribution in [0, 0.1) is 0 Å². The second-order valence-corrected chi connectivity index (χ2v) is 10.5. The lowest BCUT2D eigenvalue weighted by Crippen LogP contribution is -2.58. The normalized spacial score (nSPS) is 21.1. The number of nitrogens with zero attached hydrogens (tertiary/aromatic N) is 1. The van der Waals surface area contributed by atoms with Crippen molar-refractivity contribution in [2.75, 3.05) is 6.54 Å². The lowest BCUT2D eigenvalue weighted by molar-refractivity contribution is -0.144. The molecular weight excluding hydrogens is 458 g/mol. The fourth-order valence-corrected chi connectivity index (χ4v) is 5.77. The van der Waals surface area contributed by atoms with E-state index in [9.17, 15) is 24.3 Å². The van der Waals surface area contributed by atoms with Crippen molar-refractivity contribution in [1.29, 1.82) is 0 Å². The highest BCUT2D eigenvalue weighted by Gasteiger charge is 2.55. The van der Waals surface area contributed by atoms with Crippen LogP contribution in [0.2, 0.25) is 0 Å². The first-order chi connectivity index (χ1) is 16.2. The Morgan fingerprint density at radius 1 is 1.15 bits per heavy atom. The summed E-state index contributed by atoms with van der Waals surface area (Å²) in [6.07, 6.45) is -0.589. The summed E-state index contributed by atoms with van der Waals surface area (Å²) in [4.78, 5) is 51.7. The van der Waals surface area contributed by atoms with Crippen molar-refractivity contribution in [2.45, 2.75) is 42.5 Å². The van der Waals surface area contributed by atoms with Crippen LogP contribution in [0.15, 0.2) is 54.6 Å². The standard InChI is InChI=1S/C24H25N3O6S/c1-24(2)17(27-18(29)12-19(27)34-24)13-25-21(30)20(14-8-10-16(28)11-9-14)26-23(32)33-22(31)15-6-4-3-5-7-15/h3-11,17,19-20,28H,12-13H2,1-2H3,(H,25,30)(H,26,32)/t17-,19+,20?/m0/s1.